The van der Waals surface area contributed by atoms with E-state index in [1.54, 1.807) is 0 Å². The van der Waals surface area contributed by atoms with Crippen LogP contribution in [0.2, 0.25) is 0 Å². The minimum Gasteiger partial charge on any atom is -0.357 e. The second-order valence-corrected chi connectivity index (χ2v) is 8.14. The molecule has 1 aliphatic heterocycles. The molecular weight excluding hydrogens is 334 g/mol. The van der Waals surface area contributed by atoms with Crippen LogP contribution >= 0.6 is 0 Å². The van der Waals surface area contributed by atoms with Gasteiger partial charge < -0.3 is 10.2 Å². The van der Waals surface area contributed by atoms with Crippen LogP contribution in [0.1, 0.15) is 48.8 Å². The lowest BCUT2D eigenvalue weighted by atomic mass is 9.92. The normalized spacial score (nSPS) is 21.5. The molecule has 1 saturated heterocycles. The van der Waals surface area contributed by atoms with Gasteiger partial charge in [0.1, 0.15) is 0 Å². The third kappa shape index (κ3) is 3.73. The Hall–Kier alpha value is -2.30. The second-order valence-electron chi connectivity index (χ2n) is 8.14. The van der Waals surface area contributed by atoms with Crippen molar-refractivity contribution in [2.75, 3.05) is 26.2 Å². The van der Waals surface area contributed by atoms with E-state index in [1.807, 2.05) is 17.9 Å². The maximum atomic E-state index is 5.09. The molecule has 4 rings (SSSR count). The minimum atomic E-state index is 0.258. The molecule has 2 heterocycles. The van der Waals surface area contributed by atoms with Crippen molar-refractivity contribution in [1.29, 1.82) is 0 Å². The summed E-state index contributed by atoms with van der Waals surface area (Å²) in [4.78, 5) is 7.52. The van der Waals surface area contributed by atoms with Gasteiger partial charge >= 0.3 is 0 Å². The molecule has 0 radical (unpaired) electrons. The van der Waals surface area contributed by atoms with E-state index >= 15 is 0 Å². The molecule has 0 spiro atoms. The number of aliphatic imine (C=N–C) groups is 1. The first-order chi connectivity index (χ1) is 13.1. The van der Waals surface area contributed by atoms with E-state index in [0.29, 0.717) is 5.92 Å². The molecule has 1 unspecified atom stereocenters. The third-order valence-corrected chi connectivity index (χ3v) is 6.12. The Balaban J connectivity index is 1.47. The monoisotopic (exact) mass is 365 g/mol. The fraction of sp³-hybridized carbons (Fsp3) is 0.545. The molecule has 5 heteroatoms. The van der Waals surface area contributed by atoms with Gasteiger partial charge in [-0.15, -0.1) is 0 Å². The molecule has 0 bridgehead atoms. The molecule has 144 valence electrons. The van der Waals surface area contributed by atoms with Crippen molar-refractivity contribution >= 4 is 5.96 Å². The van der Waals surface area contributed by atoms with Crippen molar-refractivity contribution < 1.29 is 0 Å². The maximum Gasteiger partial charge on any atom is 0.193 e. The van der Waals surface area contributed by atoms with Gasteiger partial charge in [0.05, 0.1) is 12.7 Å². The molecule has 2 fully saturated rings. The highest BCUT2D eigenvalue weighted by Gasteiger charge is 2.45. The number of hydrogen-bond acceptors (Lipinski definition) is 2. The zero-order valence-corrected chi connectivity index (χ0v) is 16.8. The summed E-state index contributed by atoms with van der Waals surface area (Å²) in [6.07, 6.45) is 7.82. The van der Waals surface area contributed by atoms with Crippen LogP contribution in [-0.4, -0.2) is 46.8 Å². The van der Waals surface area contributed by atoms with Crippen LogP contribution in [-0.2, 0) is 12.5 Å². The molecule has 1 atom stereocenters. The van der Waals surface area contributed by atoms with Gasteiger partial charge in [0, 0.05) is 44.2 Å². The number of aromatic nitrogens is 2. The molecule has 1 aliphatic carbocycles. The highest BCUT2D eigenvalue weighted by Crippen LogP contribution is 2.49. The topological polar surface area (TPSA) is 45.5 Å². The van der Waals surface area contributed by atoms with Gasteiger partial charge in [-0.25, -0.2) is 0 Å². The molecule has 1 aromatic carbocycles. The van der Waals surface area contributed by atoms with Crippen molar-refractivity contribution in [3.05, 3.63) is 53.3 Å². The smallest absolute Gasteiger partial charge is 0.193 e. The van der Waals surface area contributed by atoms with E-state index in [1.165, 1.54) is 36.0 Å². The Kier molecular flexibility index (Phi) is 4.94. The number of guanidine groups is 1. The first-order valence-corrected chi connectivity index (χ1v) is 10.2. The Labute approximate surface area is 162 Å². The highest BCUT2D eigenvalue weighted by molar-refractivity contribution is 5.80. The average molecular weight is 366 g/mol. The van der Waals surface area contributed by atoms with Gasteiger partial charge in [-0.05, 0) is 49.8 Å². The zero-order chi connectivity index (χ0) is 18.9. The van der Waals surface area contributed by atoms with Crippen molar-refractivity contribution in [2.45, 2.75) is 44.4 Å². The van der Waals surface area contributed by atoms with E-state index in [-0.39, 0.29) is 5.41 Å². The number of benzene rings is 1. The predicted octanol–water partition coefficient (Wildman–Crippen LogP) is 3.22. The van der Waals surface area contributed by atoms with Crippen molar-refractivity contribution in [2.24, 2.45) is 12.0 Å². The van der Waals surface area contributed by atoms with E-state index in [9.17, 15) is 0 Å². The lowest BCUT2D eigenvalue weighted by molar-refractivity contribution is 0.483. The zero-order valence-electron chi connectivity index (χ0n) is 16.8. The first-order valence-electron chi connectivity index (χ1n) is 10.2. The first kappa shape index (κ1) is 18.1. The molecule has 27 heavy (non-hydrogen) atoms. The Morgan fingerprint density at radius 3 is 2.81 bits per heavy atom. The van der Waals surface area contributed by atoms with E-state index in [4.69, 9.17) is 4.99 Å². The Morgan fingerprint density at radius 1 is 1.33 bits per heavy atom. The van der Waals surface area contributed by atoms with Crippen LogP contribution in [0, 0.1) is 6.92 Å². The average Bonchev–Trinajstić information content (AvgIpc) is 3.07. The van der Waals surface area contributed by atoms with Gasteiger partial charge in [-0.3, -0.25) is 9.67 Å². The molecule has 5 nitrogen and oxygen atoms in total. The van der Waals surface area contributed by atoms with Crippen LogP contribution in [0.4, 0.5) is 0 Å². The Morgan fingerprint density at radius 2 is 2.15 bits per heavy atom. The predicted molar refractivity (Wildman–Crippen MR) is 110 cm³/mol. The third-order valence-electron chi connectivity index (χ3n) is 6.12. The highest BCUT2D eigenvalue weighted by atomic mass is 15.3. The summed E-state index contributed by atoms with van der Waals surface area (Å²) in [6, 6.07) is 8.81. The molecule has 0 amide bonds. The molecule has 1 N–H and O–H groups in total. The molecular formula is C22H31N5. The Bertz CT molecular complexity index is 818. The van der Waals surface area contributed by atoms with E-state index in [2.05, 4.69) is 59.6 Å². The van der Waals surface area contributed by atoms with E-state index in [0.717, 1.165) is 32.1 Å². The number of hydrogen-bond donors (Lipinski definition) is 1. The van der Waals surface area contributed by atoms with Crippen molar-refractivity contribution in [3.8, 4) is 0 Å². The van der Waals surface area contributed by atoms with Gasteiger partial charge in [0.2, 0.25) is 0 Å². The summed E-state index contributed by atoms with van der Waals surface area (Å²) in [5.74, 6) is 1.62. The lowest BCUT2D eigenvalue weighted by Crippen LogP contribution is -2.40. The molecule has 2 aromatic rings. The fourth-order valence-electron chi connectivity index (χ4n) is 4.36. The van der Waals surface area contributed by atoms with Gasteiger partial charge in [-0.2, -0.15) is 5.10 Å². The fourth-order valence-corrected chi connectivity index (χ4v) is 4.36. The summed E-state index contributed by atoms with van der Waals surface area (Å²) in [5, 5.41) is 7.86. The van der Waals surface area contributed by atoms with Crippen LogP contribution in [0.3, 0.4) is 0 Å². The number of aryl methyl sites for hydroxylation is 2. The minimum absolute atomic E-state index is 0.258. The van der Waals surface area contributed by atoms with Crippen LogP contribution in [0.5, 0.6) is 0 Å². The summed E-state index contributed by atoms with van der Waals surface area (Å²) >= 11 is 0. The molecule has 2 aliphatic rings. The van der Waals surface area contributed by atoms with Gasteiger partial charge in [-0.1, -0.05) is 24.3 Å². The van der Waals surface area contributed by atoms with Gasteiger partial charge in [0.25, 0.3) is 0 Å². The SMILES string of the molecule is CCNC(=NCC1(c2ccccc2C)CC1)N1CCC(c2cnn(C)c2)C1. The summed E-state index contributed by atoms with van der Waals surface area (Å²) in [6.45, 7) is 8.25. The second kappa shape index (κ2) is 7.37. The number of likely N-dealkylation sites (tertiary alicyclic amines) is 1. The van der Waals surface area contributed by atoms with Crippen molar-refractivity contribution in [3.63, 3.8) is 0 Å². The standard InChI is InChI=1S/C22H31N5/c1-4-23-21(27-12-9-18(15-27)19-13-25-26(3)14-19)24-16-22(10-11-22)20-8-6-5-7-17(20)2/h5-8,13-14,18H,4,9-12,15-16H2,1-3H3,(H,23,24). The molecule has 1 saturated carbocycles. The van der Waals surface area contributed by atoms with Crippen LogP contribution in [0.25, 0.3) is 0 Å². The quantitative estimate of drug-likeness (QED) is 0.654. The van der Waals surface area contributed by atoms with Crippen LogP contribution in [0.15, 0.2) is 41.7 Å². The van der Waals surface area contributed by atoms with Crippen LogP contribution < -0.4 is 5.32 Å². The summed E-state index contributed by atoms with van der Waals surface area (Å²) < 4.78 is 1.90. The number of nitrogens with zero attached hydrogens (tertiary/aromatic N) is 4. The largest absolute Gasteiger partial charge is 0.357 e. The number of rotatable bonds is 5. The maximum absolute atomic E-state index is 5.09. The van der Waals surface area contributed by atoms with Crippen molar-refractivity contribution in [1.82, 2.24) is 20.0 Å². The summed E-state index contributed by atoms with van der Waals surface area (Å²) in [7, 11) is 1.99. The lowest BCUT2D eigenvalue weighted by Gasteiger charge is -2.23. The van der Waals surface area contributed by atoms with Gasteiger partial charge in [0.15, 0.2) is 5.96 Å². The summed E-state index contributed by atoms with van der Waals surface area (Å²) in [5.41, 5.74) is 4.48. The molecule has 1 aromatic heterocycles. The number of nitrogens with one attached hydrogen (secondary N) is 1. The van der Waals surface area contributed by atoms with E-state index < -0.39 is 0 Å².